The highest BCUT2D eigenvalue weighted by Gasteiger charge is 2.37. The van der Waals surface area contributed by atoms with E-state index in [4.69, 9.17) is 0 Å². The normalized spacial score (nSPS) is 22.4. The maximum absolute atomic E-state index is 3.78. The van der Waals surface area contributed by atoms with Crippen molar-refractivity contribution in [2.75, 3.05) is 0 Å². The first-order valence-corrected chi connectivity index (χ1v) is 8.61. The molecule has 0 heterocycles. The quantitative estimate of drug-likeness (QED) is 0.826. The van der Waals surface area contributed by atoms with Crippen LogP contribution in [0.5, 0.6) is 0 Å². The molecule has 0 aromatic heterocycles. The predicted octanol–water partition coefficient (Wildman–Crippen LogP) is 4.84. The Balaban J connectivity index is 1.45. The minimum Gasteiger partial charge on any atom is -0.310 e. The molecule has 1 N–H and O–H groups in total. The molecule has 0 unspecified atom stereocenters. The maximum Gasteiger partial charge on any atom is 0.0208 e. The van der Waals surface area contributed by atoms with Crippen molar-refractivity contribution in [3.63, 3.8) is 0 Å². The second-order valence-corrected chi connectivity index (χ2v) is 7.03. The molecule has 1 aromatic rings. The molecule has 2 aliphatic rings. The van der Waals surface area contributed by atoms with Crippen molar-refractivity contribution in [1.82, 2.24) is 5.32 Å². The van der Waals surface area contributed by atoms with Gasteiger partial charge in [-0.2, -0.15) is 0 Å². The third kappa shape index (κ3) is 3.25. The number of nitrogens with one attached hydrogen (secondary N) is 1. The summed E-state index contributed by atoms with van der Waals surface area (Å²) in [7, 11) is 0. The molecular weight excluding hydrogens is 242 g/mol. The Bertz CT molecular complexity index is 404. The van der Waals surface area contributed by atoms with Crippen LogP contribution in [-0.2, 0) is 13.0 Å². The van der Waals surface area contributed by atoms with Gasteiger partial charge in [0.15, 0.2) is 0 Å². The third-order valence-electron chi connectivity index (χ3n) is 5.74. The van der Waals surface area contributed by atoms with Gasteiger partial charge in [0.25, 0.3) is 0 Å². The Hall–Kier alpha value is -0.820. The van der Waals surface area contributed by atoms with Crippen LogP contribution in [-0.4, -0.2) is 6.04 Å². The van der Waals surface area contributed by atoms with Crippen LogP contribution in [0.25, 0.3) is 0 Å². The molecule has 110 valence electrons. The molecular formula is C19H29N. The Morgan fingerprint density at radius 3 is 2.15 bits per heavy atom. The van der Waals surface area contributed by atoms with Crippen molar-refractivity contribution >= 4 is 0 Å². The lowest BCUT2D eigenvalue weighted by atomic mass is 9.71. The van der Waals surface area contributed by atoms with Crippen LogP contribution in [0.4, 0.5) is 0 Å². The fourth-order valence-electron chi connectivity index (χ4n) is 4.21. The molecule has 1 nitrogen and oxygen atoms in total. The number of aryl methyl sites for hydroxylation is 1. The highest BCUT2D eigenvalue weighted by Crippen LogP contribution is 2.48. The Morgan fingerprint density at radius 1 is 0.950 bits per heavy atom. The van der Waals surface area contributed by atoms with Gasteiger partial charge in [0.1, 0.15) is 0 Å². The van der Waals surface area contributed by atoms with Crippen LogP contribution in [0.1, 0.15) is 69.4 Å². The van der Waals surface area contributed by atoms with Crippen LogP contribution >= 0.6 is 0 Å². The topological polar surface area (TPSA) is 12.0 Å². The van der Waals surface area contributed by atoms with E-state index in [-0.39, 0.29) is 0 Å². The lowest BCUT2D eigenvalue weighted by molar-refractivity contribution is 0.168. The smallest absolute Gasteiger partial charge is 0.0208 e. The molecule has 0 amide bonds. The maximum atomic E-state index is 3.78. The molecule has 1 spiro atoms. The first-order chi connectivity index (χ1) is 9.80. The van der Waals surface area contributed by atoms with Crippen LogP contribution in [0.15, 0.2) is 24.3 Å². The highest BCUT2D eigenvalue weighted by molar-refractivity contribution is 5.22. The van der Waals surface area contributed by atoms with Crippen molar-refractivity contribution in [2.45, 2.75) is 77.3 Å². The summed E-state index contributed by atoms with van der Waals surface area (Å²) in [6.07, 6.45) is 12.9. The molecule has 1 heteroatoms. The number of hydrogen-bond donors (Lipinski definition) is 1. The Morgan fingerprint density at radius 2 is 1.55 bits per heavy atom. The lowest BCUT2D eigenvalue weighted by Crippen LogP contribution is -2.36. The summed E-state index contributed by atoms with van der Waals surface area (Å²) in [6, 6.07) is 9.86. The van der Waals surface area contributed by atoms with Crippen molar-refractivity contribution in [3.8, 4) is 0 Å². The monoisotopic (exact) mass is 271 g/mol. The van der Waals surface area contributed by atoms with Crippen LogP contribution in [0.3, 0.4) is 0 Å². The lowest BCUT2D eigenvalue weighted by Gasteiger charge is -2.37. The van der Waals surface area contributed by atoms with E-state index in [1.54, 1.807) is 0 Å². The van der Waals surface area contributed by atoms with E-state index >= 15 is 0 Å². The minimum atomic E-state index is 0.757. The zero-order chi connectivity index (χ0) is 13.8. The zero-order valence-corrected chi connectivity index (χ0v) is 13.0. The number of hydrogen-bond acceptors (Lipinski definition) is 1. The van der Waals surface area contributed by atoms with Gasteiger partial charge in [-0.25, -0.2) is 0 Å². The molecule has 0 aliphatic heterocycles. The zero-order valence-electron chi connectivity index (χ0n) is 13.0. The van der Waals surface area contributed by atoms with Crippen LogP contribution in [0.2, 0.25) is 0 Å². The number of rotatable bonds is 4. The summed E-state index contributed by atoms with van der Waals surface area (Å²) < 4.78 is 0. The second kappa shape index (κ2) is 6.30. The fraction of sp³-hybridized carbons (Fsp3) is 0.684. The molecule has 2 aliphatic carbocycles. The van der Waals surface area contributed by atoms with Gasteiger partial charge < -0.3 is 5.32 Å². The van der Waals surface area contributed by atoms with E-state index in [2.05, 4.69) is 36.5 Å². The molecule has 0 bridgehead atoms. The summed E-state index contributed by atoms with van der Waals surface area (Å²) in [5, 5.41) is 3.78. The Labute approximate surface area is 124 Å². The van der Waals surface area contributed by atoms with Crippen molar-refractivity contribution in [3.05, 3.63) is 35.4 Å². The Kier molecular flexibility index (Phi) is 4.45. The summed E-state index contributed by atoms with van der Waals surface area (Å²) in [5.74, 6) is 0. The van der Waals surface area contributed by atoms with Gasteiger partial charge in [0.05, 0.1) is 0 Å². The van der Waals surface area contributed by atoms with Crippen LogP contribution in [0, 0.1) is 5.41 Å². The largest absolute Gasteiger partial charge is 0.310 e. The highest BCUT2D eigenvalue weighted by atomic mass is 14.9. The van der Waals surface area contributed by atoms with Gasteiger partial charge in [0, 0.05) is 12.6 Å². The van der Waals surface area contributed by atoms with E-state index in [0.29, 0.717) is 0 Å². The van der Waals surface area contributed by atoms with Gasteiger partial charge >= 0.3 is 0 Å². The van der Waals surface area contributed by atoms with Gasteiger partial charge in [-0.1, -0.05) is 44.0 Å². The molecule has 0 saturated heterocycles. The van der Waals surface area contributed by atoms with Crippen molar-refractivity contribution in [2.24, 2.45) is 5.41 Å². The second-order valence-electron chi connectivity index (χ2n) is 7.03. The summed E-state index contributed by atoms with van der Waals surface area (Å²) in [4.78, 5) is 0. The van der Waals surface area contributed by atoms with E-state index in [1.165, 1.54) is 62.5 Å². The molecule has 0 atom stereocenters. The van der Waals surface area contributed by atoms with Crippen molar-refractivity contribution in [1.29, 1.82) is 0 Å². The van der Waals surface area contributed by atoms with E-state index in [9.17, 15) is 0 Å². The van der Waals surface area contributed by atoms with Crippen molar-refractivity contribution < 1.29 is 0 Å². The van der Waals surface area contributed by atoms with Gasteiger partial charge in [-0.3, -0.25) is 0 Å². The van der Waals surface area contributed by atoms with Gasteiger partial charge in [-0.05, 0) is 61.5 Å². The minimum absolute atomic E-state index is 0.757. The molecule has 1 aromatic carbocycles. The summed E-state index contributed by atoms with van der Waals surface area (Å²) in [6.45, 7) is 3.26. The molecule has 0 radical (unpaired) electrons. The SMILES string of the molecule is CCc1ccc(CNC2CCC3(CCCC3)CC2)cc1. The van der Waals surface area contributed by atoms with Crippen LogP contribution < -0.4 is 5.32 Å². The average molecular weight is 271 g/mol. The van der Waals surface area contributed by atoms with Gasteiger partial charge in [-0.15, -0.1) is 0 Å². The average Bonchev–Trinajstić information content (AvgIpc) is 2.96. The van der Waals surface area contributed by atoms with E-state index < -0.39 is 0 Å². The molecule has 20 heavy (non-hydrogen) atoms. The standard InChI is InChI=1S/C19H29N/c1-2-16-5-7-17(8-6-16)15-20-18-9-13-19(14-10-18)11-3-4-12-19/h5-8,18,20H,2-4,9-15H2,1H3. The fourth-order valence-corrected chi connectivity index (χ4v) is 4.21. The number of benzene rings is 1. The molecule has 2 saturated carbocycles. The summed E-state index contributed by atoms with van der Waals surface area (Å²) in [5.41, 5.74) is 3.64. The predicted molar refractivity (Wildman–Crippen MR) is 85.8 cm³/mol. The first-order valence-electron chi connectivity index (χ1n) is 8.61. The molecule has 2 fully saturated rings. The van der Waals surface area contributed by atoms with Gasteiger partial charge in [0.2, 0.25) is 0 Å². The van der Waals surface area contributed by atoms with E-state index in [1.807, 2.05) is 0 Å². The first kappa shape index (κ1) is 14.1. The molecule has 3 rings (SSSR count). The third-order valence-corrected chi connectivity index (χ3v) is 5.74. The summed E-state index contributed by atoms with van der Waals surface area (Å²) >= 11 is 0. The van der Waals surface area contributed by atoms with E-state index in [0.717, 1.165) is 24.4 Å².